The van der Waals surface area contributed by atoms with Crippen LogP contribution in [0, 0.1) is 0 Å². The van der Waals surface area contributed by atoms with E-state index in [-0.39, 0.29) is 0 Å². The van der Waals surface area contributed by atoms with Crippen LogP contribution >= 0.6 is 15.9 Å². The third kappa shape index (κ3) is 4.08. The zero-order chi connectivity index (χ0) is 9.40. The molecule has 1 N–H and O–H groups in total. The Balaban J connectivity index is 0.000000561. The van der Waals surface area contributed by atoms with Crippen molar-refractivity contribution in [3.8, 4) is 0 Å². The minimum absolute atomic E-state index is 0.630. The first-order chi connectivity index (χ1) is 5.83. The van der Waals surface area contributed by atoms with Crippen molar-refractivity contribution in [3.05, 3.63) is 28.5 Å². The maximum atomic E-state index is 8.11. The van der Waals surface area contributed by atoms with Gasteiger partial charge in [0.1, 0.15) is 0 Å². The van der Waals surface area contributed by atoms with Gasteiger partial charge in [-0.15, -0.1) is 0 Å². The van der Waals surface area contributed by atoms with Gasteiger partial charge in [-0.25, -0.2) is 0 Å². The normalized spacial score (nSPS) is 9.25. The predicted octanol–water partition coefficient (Wildman–Crippen LogP) is 2.68. The third-order valence-electron chi connectivity index (χ3n) is 0.940. The van der Waals surface area contributed by atoms with Crippen LogP contribution in [0.1, 0.15) is 19.5 Å². The average Bonchev–Trinajstić information content (AvgIpc) is 2.13. The molecule has 0 saturated heterocycles. The molecule has 0 aliphatic heterocycles. The van der Waals surface area contributed by atoms with Gasteiger partial charge in [-0.2, -0.15) is 0 Å². The Morgan fingerprint density at radius 2 is 2.17 bits per heavy atom. The van der Waals surface area contributed by atoms with Crippen molar-refractivity contribution >= 4 is 22.1 Å². The monoisotopic (exact) mass is 230 g/mol. The lowest BCUT2D eigenvalue weighted by Gasteiger charge is -1.89. The SMILES string of the molecule is CC.O/N=C/c1ccc(Br)cn1. The van der Waals surface area contributed by atoms with Crippen LogP contribution in [0.2, 0.25) is 0 Å². The average molecular weight is 231 g/mol. The number of oxime groups is 1. The third-order valence-corrected chi connectivity index (χ3v) is 1.41. The van der Waals surface area contributed by atoms with Gasteiger partial charge in [0.15, 0.2) is 0 Å². The van der Waals surface area contributed by atoms with Crippen LogP contribution in [-0.4, -0.2) is 16.4 Å². The van der Waals surface area contributed by atoms with Crippen molar-refractivity contribution in [1.29, 1.82) is 0 Å². The van der Waals surface area contributed by atoms with Crippen molar-refractivity contribution in [2.24, 2.45) is 5.16 Å². The number of rotatable bonds is 1. The topological polar surface area (TPSA) is 45.5 Å². The second-order valence-electron chi connectivity index (χ2n) is 1.65. The summed E-state index contributed by atoms with van der Waals surface area (Å²) < 4.78 is 0.905. The lowest BCUT2D eigenvalue weighted by molar-refractivity contribution is 0.321. The Morgan fingerprint density at radius 3 is 2.58 bits per heavy atom. The zero-order valence-electron chi connectivity index (χ0n) is 7.03. The highest BCUT2D eigenvalue weighted by Gasteiger charge is 1.87. The number of pyridine rings is 1. The van der Waals surface area contributed by atoms with E-state index in [1.165, 1.54) is 6.21 Å². The van der Waals surface area contributed by atoms with Gasteiger partial charge in [0, 0.05) is 10.7 Å². The number of hydrogen-bond acceptors (Lipinski definition) is 3. The second-order valence-corrected chi connectivity index (χ2v) is 2.56. The molecule has 0 radical (unpaired) electrons. The molecule has 0 amide bonds. The lowest BCUT2D eigenvalue weighted by atomic mass is 10.4. The van der Waals surface area contributed by atoms with Crippen LogP contribution < -0.4 is 0 Å². The molecule has 0 aliphatic rings. The van der Waals surface area contributed by atoms with Crippen LogP contribution in [0.3, 0.4) is 0 Å². The van der Waals surface area contributed by atoms with Gasteiger partial charge in [0.05, 0.1) is 11.9 Å². The number of nitrogens with zero attached hydrogens (tertiary/aromatic N) is 2. The van der Waals surface area contributed by atoms with Crippen molar-refractivity contribution in [2.45, 2.75) is 13.8 Å². The fourth-order valence-corrected chi connectivity index (χ4v) is 0.757. The first-order valence-electron chi connectivity index (χ1n) is 3.62. The largest absolute Gasteiger partial charge is 0.411 e. The molecule has 1 aromatic heterocycles. The van der Waals surface area contributed by atoms with E-state index in [1.807, 2.05) is 19.9 Å². The summed E-state index contributed by atoms with van der Waals surface area (Å²) in [5.74, 6) is 0. The molecule has 0 aromatic carbocycles. The van der Waals surface area contributed by atoms with Crippen molar-refractivity contribution in [2.75, 3.05) is 0 Å². The Bertz CT molecular complexity index is 233. The fraction of sp³-hybridized carbons (Fsp3) is 0.250. The maximum absolute atomic E-state index is 8.11. The molecule has 4 heteroatoms. The standard InChI is InChI=1S/C6H5BrN2O.C2H6/c7-5-1-2-6(4-9-10)8-3-5;1-2/h1-4,10H;1-2H3/b9-4+;. The molecule has 0 saturated carbocycles. The molecule has 1 heterocycles. The van der Waals surface area contributed by atoms with Gasteiger partial charge >= 0.3 is 0 Å². The zero-order valence-corrected chi connectivity index (χ0v) is 8.62. The molecule has 66 valence electrons. The van der Waals surface area contributed by atoms with Gasteiger partial charge in [-0.3, -0.25) is 4.98 Å². The van der Waals surface area contributed by atoms with E-state index in [0.717, 1.165) is 4.47 Å². The molecular formula is C8H11BrN2O. The first kappa shape index (κ1) is 11.1. The van der Waals surface area contributed by atoms with Crippen molar-refractivity contribution < 1.29 is 5.21 Å². The summed E-state index contributed by atoms with van der Waals surface area (Å²) in [5.41, 5.74) is 0.630. The van der Waals surface area contributed by atoms with Gasteiger partial charge in [0.25, 0.3) is 0 Å². The van der Waals surface area contributed by atoms with Gasteiger partial charge in [0.2, 0.25) is 0 Å². The molecule has 0 fully saturated rings. The molecule has 0 atom stereocenters. The van der Waals surface area contributed by atoms with Gasteiger partial charge in [-0.05, 0) is 28.1 Å². The summed E-state index contributed by atoms with van der Waals surface area (Å²) in [4.78, 5) is 3.91. The molecule has 0 spiro atoms. The van der Waals surface area contributed by atoms with E-state index in [1.54, 1.807) is 12.3 Å². The minimum atomic E-state index is 0.630. The van der Waals surface area contributed by atoms with E-state index >= 15 is 0 Å². The molecular weight excluding hydrogens is 220 g/mol. The van der Waals surface area contributed by atoms with E-state index < -0.39 is 0 Å². The van der Waals surface area contributed by atoms with Crippen LogP contribution in [0.5, 0.6) is 0 Å². The quantitative estimate of drug-likeness (QED) is 0.458. The Morgan fingerprint density at radius 1 is 1.50 bits per heavy atom. The van der Waals surface area contributed by atoms with E-state index in [9.17, 15) is 0 Å². The number of aromatic nitrogens is 1. The van der Waals surface area contributed by atoms with Crippen molar-refractivity contribution in [1.82, 2.24) is 4.98 Å². The Labute approximate surface area is 80.3 Å². The number of hydrogen-bond donors (Lipinski definition) is 1. The van der Waals surface area contributed by atoms with Crippen LogP contribution in [0.4, 0.5) is 0 Å². The Kier molecular flexibility index (Phi) is 6.28. The maximum Gasteiger partial charge on any atom is 0.0918 e. The summed E-state index contributed by atoms with van der Waals surface area (Å²) in [6.45, 7) is 4.00. The van der Waals surface area contributed by atoms with Crippen molar-refractivity contribution in [3.63, 3.8) is 0 Å². The summed E-state index contributed by atoms with van der Waals surface area (Å²) in [6, 6.07) is 3.56. The fourth-order valence-electron chi connectivity index (χ4n) is 0.523. The molecule has 1 aromatic rings. The predicted molar refractivity (Wildman–Crippen MR) is 52.7 cm³/mol. The lowest BCUT2D eigenvalue weighted by Crippen LogP contribution is -1.84. The van der Waals surface area contributed by atoms with E-state index in [2.05, 4.69) is 26.1 Å². The summed E-state index contributed by atoms with van der Waals surface area (Å²) >= 11 is 3.23. The second kappa shape index (κ2) is 6.79. The van der Waals surface area contributed by atoms with Crippen LogP contribution in [-0.2, 0) is 0 Å². The summed E-state index contributed by atoms with van der Waals surface area (Å²) in [5, 5.41) is 10.9. The smallest absolute Gasteiger partial charge is 0.0918 e. The molecule has 0 unspecified atom stereocenters. The van der Waals surface area contributed by atoms with Gasteiger partial charge in [-0.1, -0.05) is 19.0 Å². The molecule has 0 bridgehead atoms. The van der Waals surface area contributed by atoms with Crippen LogP contribution in [0.15, 0.2) is 28.0 Å². The summed E-state index contributed by atoms with van der Waals surface area (Å²) in [6.07, 6.45) is 2.91. The van der Waals surface area contributed by atoms with Gasteiger partial charge < -0.3 is 5.21 Å². The summed E-state index contributed by atoms with van der Waals surface area (Å²) in [7, 11) is 0. The molecule has 1 rings (SSSR count). The first-order valence-corrected chi connectivity index (χ1v) is 4.41. The highest BCUT2D eigenvalue weighted by atomic mass is 79.9. The molecule has 12 heavy (non-hydrogen) atoms. The molecule has 0 aliphatic carbocycles. The van der Waals surface area contributed by atoms with Crippen LogP contribution in [0.25, 0.3) is 0 Å². The highest BCUT2D eigenvalue weighted by molar-refractivity contribution is 9.10. The minimum Gasteiger partial charge on any atom is -0.411 e. The molecule has 3 nitrogen and oxygen atoms in total. The Hall–Kier alpha value is -0.900. The van der Waals surface area contributed by atoms with E-state index in [0.29, 0.717) is 5.69 Å². The number of halogens is 1. The van der Waals surface area contributed by atoms with E-state index in [4.69, 9.17) is 5.21 Å². The highest BCUT2D eigenvalue weighted by Crippen LogP contribution is 2.05.